The Morgan fingerprint density at radius 2 is 1.89 bits per heavy atom. The number of thioether (sulfide) groups is 1. The van der Waals surface area contributed by atoms with Gasteiger partial charge in [0.15, 0.2) is 11.5 Å². The number of halogens is 2. The molecular formula is C20H17Br2NO4S. The first kappa shape index (κ1) is 21.0. The fourth-order valence-corrected chi connectivity index (χ4v) is 4.59. The second kappa shape index (κ2) is 9.15. The highest BCUT2D eigenvalue weighted by atomic mass is 79.9. The molecule has 2 aromatic carbocycles. The summed E-state index contributed by atoms with van der Waals surface area (Å²) in [5.74, 6) is 0.842. The zero-order chi connectivity index (χ0) is 20.3. The summed E-state index contributed by atoms with van der Waals surface area (Å²) in [7, 11) is 1.56. The van der Waals surface area contributed by atoms with Gasteiger partial charge in [0, 0.05) is 4.47 Å². The third-order valence-corrected chi connectivity index (χ3v) is 6.26. The van der Waals surface area contributed by atoms with E-state index >= 15 is 0 Å². The molecule has 0 unspecified atom stereocenters. The number of hydrogen-bond acceptors (Lipinski definition) is 5. The van der Waals surface area contributed by atoms with Gasteiger partial charge in [-0.1, -0.05) is 34.1 Å². The first-order valence-electron chi connectivity index (χ1n) is 8.43. The number of methoxy groups -OCH3 is 1. The molecule has 0 radical (unpaired) electrons. The number of carbonyl (C=O) groups excluding carboxylic acids is 2. The molecular weight excluding hydrogens is 510 g/mol. The predicted molar refractivity (Wildman–Crippen MR) is 118 cm³/mol. The summed E-state index contributed by atoms with van der Waals surface area (Å²) in [5, 5.41) is -0.287. The molecule has 0 saturated carbocycles. The standard InChI is InChI=1S/C20H17Br2NO4S/c1-3-27-16-9-12(8-15(22)18(16)26-2)10-17-19(24)23(20(25)28-17)11-13-6-4-5-7-14(13)21/h4-10H,3,11H2,1-2H3/b17-10+. The Balaban J connectivity index is 1.88. The third-order valence-electron chi connectivity index (χ3n) is 3.99. The second-order valence-electron chi connectivity index (χ2n) is 5.83. The molecule has 3 rings (SSSR count). The van der Waals surface area contributed by atoms with Crippen LogP contribution in [-0.4, -0.2) is 29.8 Å². The van der Waals surface area contributed by atoms with Crippen molar-refractivity contribution in [1.82, 2.24) is 4.90 Å². The van der Waals surface area contributed by atoms with Crippen molar-refractivity contribution in [2.24, 2.45) is 0 Å². The number of ether oxygens (including phenoxy) is 2. The van der Waals surface area contributed by atoms with Crippen molar-refractivity contribution >= 4 is 60.8 Å². The molecule has 146 valence electrons. The molecule has 1 heterocycles. The fraction of sp³-hybridized carbons (Fsp3) is 0.200. The molecule has 0 N–H and O–H groups in total. The predicted octanol–water partition coefficient (Wildman–Crippen LogP) is 5.86. The Labute approximate surface area is 184 Å². The maximum Gasteiger partial charge on any atom is 0.293 e. The van der Waals surface area contributed by atoms with E-state index in [1.54, 1.807) is 19.3 Å². The SMILES string of the molecule is CCOc1cc(/C=C2/SC(=O)N(Cc3ccccc3Br)C2=O)cc(Br)c1OC. The molecule has 0 spiro atoms. The van der Waals surface area contributed by atoms with E-state index in [0.717, 1.165) is 27.4 Å². The number of nitrogens with zero attached hydrogens (tertiary/aromatic N) is 1. The zero-order valence-corrected chi connectivity index (χ0v) is 19.2. The van der Waals surface area contributed by atoms with Gasteiger partial charge in [0.1, 0.15) is 0 Å². The van der Waals surface area contributed by atoms with Crippen LogP contribution in [0.3, 0.4) is 0 Å². The minimum absolute atomic E-state index is 0.222. The maximum absolute atomic E-state index is 12.8. The molecule has 28 heavy (non-hydrogen) atoms. The molecule has 0 atom stereocenters. The molecule has 1 aliphatic rings. The Morgan fingerprint density at radius 3 is 2.57 bits per heavy atom. The topological polar surface area (TPSA) is 55.8 Å². The summed E-state index contributed by atoms with van der Waals surface area (Å²) in [5.41, 5.74) is 1.61. The first-order chi connectivity index (χ1) is 13.4. The summed E-state index contributed by atoms with van der Waals surface area (Å²) < 4.78 is 12.5. The van der Waals surface area contributed by atoms with Crippen LogP contribution in [0.4, 0.5) is 4.79 Å². The number of rotatable bonds is 6. The molecule has 1 aliphatic heterocycles. The van der Waals surface area contributed by atoms with Crippen LogP contribution in [0.15, 0.2) is 50.2 Å². The summed E-state index contributed by atoms with van der Waals surface area (Å²) in [4.78, 5) is 26.8. The van der Waals surface area contributed by atoms with Crippen LogP contribution in [-0.2, 0) is 11.3 Å². The third kappa shape index (κ3) is 4.45. The van der Waals surface area contributed by atoms with E-state index in [4.69, 9.17) is 9.47 Å². The van der Waals surface area contributed by atoms with Crippen molar-refractivity contribution in [2.45, 2.75) is 13.5 Å². The fourth-order valence-electron chi connectivity index (χ4n) is 2.72. The average molecular weight is 527 g/mol. The van der Waals surface area contributed by atoms with E-state index in [1.807, 2.05) is 37.3 Å². The number of amides is 2. The normalized spacial score (nSPS) is 15.4. The molecule has 8 heteroatoms. The zero-order valence-electron chi connectivity index (χ0n) is 15.2. The van der Waals surface area contributed by atoms with Gasteiger partial charge in [-0.2, -0.15) is 0 Å². The van der Waals surface area contributed by atoms with Crippen molar-refractivity contribution in [3.63, 3.8) is 0 Å². The van der Waals surface area contributed by atoms with Crippen LogP contribution >= 0.6 is 43.6 Å². The van der Waals surface area contributed by atoms with Gasteiger partial charge in [0.25, 0.3) is 11.1 Å². The quantitative estimate of drug-likeness (QED) is 0.441. The lowest BCUT2D eigenvalue weighted by Gasteiger charge is -2.13. The molecule has 1 fully saturated rings. The van der Waals surface area contributed by atoms with Crippen molar-refractivity contribution < 1.29 is 19.1 Å². The second-order valence-corrected chi connectivity index (χ2v) is 8.53. The van der Waals surface area contributed by atoms with E-state index in [0.29, 0.717) is 27.5 Å². The number of hydrogen-bond donors (Lipinski definition) is 0. The van der Waals surface area contributed by atoms with E-state index < -0.39 is 0 Å². The Bertz CT molecular complexity index is 961. The van der Waals surface area contributed by atoms with Gasteiger partial charge in [-0.15, -0.1) is 0 Å². The summed E-state index contributed by atoms with van der Waals surface area (Å²) in [6, 6.07) is 11.1. The van der Waals surface area contributed by atoms with Gasteiger partial charge in [0.05, 0.1) is 29.6 Å². The molecule has 1 saturated heterocycles. The van der Waals surface area contributed by atoms with Gasteiger partial charge < -0.3 is 9.47 Å². The maximum atomic E-state index is 12.8. The van der Waals surface area contributed by atoms with Crippen molar-refractivity contribution in [3.05, 3.63) is 61.4 Å². The lowest BCUT2D eigenvalue weighted by molar-refractivity contribution is -0.123. The Morgan fingerprint density at radius 1 is 1.14 bits per heavy atom. The Hall–Kier alpha value is -1.77. The highest BCUT2D eigenvalue weighted by molar-refractivity contribution is 9.10. The Kier molecular flexibility index (Phi) is 6.85. The highest BCUT2D eigenvalue weighted by Crippen LogP contribution is 2.39. The number of imide groups is 1. The molecule has 0 aromatic heterocycles. The molecule has 5 nitrogen and oxygen atoms in total. The van der Waals surface area contributed by atoms with Gasteiger partial charge in [0.2, 0.25) is 0 Å². The van der Waals surface area contributed by atoms with Crippen LogP contribution in [0.2, 0.25) is 0 Å². The van der Waals surface area contributed by atoms with Crippen LogP contribution in [0.5, 0.6) is 11.5 Å². The van der Waals surface area contributed by atoms with Crippen LogP contribution < -0.4 is 9.47 Å². The van der Waals surface area contributed by atoms with Gasteiger partial charge >= 0.3 is 0 Å². The molecule has 0 aliphatic carbocycles. The summed E-state index contributed by atoms with van der Waals surface area (Å²) in [6.45, 7) is 2.59. The van der Waals surface area contributed by atoms with E-state index in [2.05, 4.69) is 31.9 Å². The van der Waals surface area contributed by atoms with E-state index in [9.17, 15) is 9.59 Å². The number of carbonyl (C=O) groups is 2. The van der Waals surface area contributed by atoms with Crippen molar-refractivity contribution in [1.29, 1.82) is 0 Å². The lowest BCUT2D eigenvalue weighted by Crippen LogP contribution is -2.27. The number of benzene rings is 2. The van der Waals surface area contributed by atoms with Crippen molar-refractivity contribution in [3.8, 4) is 11.5 Å². The largest absolute Gasteiger partial charge is 0.492 e. The molecule has 0 bridgehead atoms. The smallest absolute Gasteiger partial charge is 0.293 e. The van der Waals surface area contributed by atoms with Crippen LogP contribution in [0.25, 0.3) is 6.08 Å². The highest BCUT2D eigenvalue weighted by Gasteiger charge is 2.35. The van der Waals surface area contributed by atoms with Gasteiger partial charge in [-0.3, -0.25) is 14.5 Å². The average Bonchev–Trinajstić information content (AvgIpc) is 2.91. The van der Waals surface area contributed by atoms with Crippen LogP contribution in [0.1, 0.15) is 18.1 Å². The van der Waals surface area contributed by atoms with E-state index in [1.165, 1.54) is 4.90 Å². The first-order valence-corrected chi connectivity index (χ1v) is 10.8. The minimum atomic E-state index is -0.310. The molecule has 2 amide bonds. The molecule has 2 aromatic rings. The van der Waals surface area contributed by atoms with Gasteiger partial charge in [-0.25, -0.2) is 0 Å². The van der Waals surface area contributed by atoms with Gasteiger partial charge in [-0.05, 0) is 70.0 Å². The summed E-state index contributed by atoms with van der Waals surface area (Å²) in [6.07, 6.45) is 1.69. The summed E-state index contributed by atoms with van der Waals surface area (Å²) >= 11 is 7.85. The minimum Gasteiger partial charge on any atom is -0.492 e. The van der Waals surface area contributed by atoms with Crippen LogP contribution in [0, 0.1) is 0 Å². The van der Waals surface area contributed by atoms with Crippen molar-refractivity contribution in [2.75, 3.05) is 13.7 Å². The monoisotopic (exact) mass is 525 g/mol. The van der Waals surface area contributed by atoms with E-state index in [-0.39, 0.29) is 17.7 Å². The lowest BCUT2D eigenvalue weighted by atomic mass is 10.1.